The lowest BCUT2D eigenvalue weighted by molar-refractivity contribution is -0.120. The van der Waals surface area contributed by atoms with Crippen LogP contribution in [0.25, 0.3) is 0 Å². The highest BCUT2D eigenvalue weighted by Crippen LogP contribution is 2.53. The van der Waals surface area contributed by atoms with Gasteiger partial charge in [0.15, 0.2) is 0 Å². The van der Waals surface area contributed by atoms with Crippen LogP contribution in [0.15, 0.2) is 82.8 Å². The molecule has 9 heteroatoms. The lowest BCUT2D eigenvalue weighted by Gasteiger charge is -2.55. The second kappa shape index (κ2) is 12.7. The smallest absolute Gasteiger partial charge is 0.217 e. The van der Waals surface area contributed by atoms with Gasteiger partial charge in [-0.05, 0) is 105 Å². The van der Waals surface area contributed by atoms with Gasteiger partial charge in [-0.3, -0.25) is 9.78 Å². The average Bonchev–Trinajstić information content (AvgIpc) is 3.51. The van der Waals surface area contributed by atoms with Gasteiger partial charge in [-0.25, -0.2) is 8.42 Å². The molecule has 2 saturated heterocycles. The van der Waals surface area contributed by atoms with E-state index in [2.05, 4.69) is 56.3 Å². The molecule has 1 N–H and O–H groups in total. The Morgan fingerprint density at radius 3 is 2.35 bits per heavy atom. The van der Waals surface area contributed by atoms with E-state index in [9.17, 15) is 13.2 Å². The Morgan fingerprint density at radius 2 is 1.63 bits per heavy atom. The number of hydrogen-bond acceptors (Lipinski definition) is 7. The van der Waals surface area contributed by atoms with Crippen molar-refractivity contribution in [2.75, 3.05) is 51.2 Å². The molecule has 0 bridgehead atoms. The van der Waals surface area contributed by atoms with Crippen molar-refractivity contribution < 1.29 is 13.2 Å². The molecule has 244 valence electrons. The second-order valence-electron chi connectivity index (χ2n) is 14.2. The van der Waals surface area contributed by atoms with Gasteiger partial charge in [-0.15, -0.1) is 0 Å². The van der Waals surface area contributed by atoms with E-state index in [0.29, 0.717) is 22.6 Å². The lowest BCUT2D eigenvalue weighted by atomic mass is 9.56. The van der Waals surface area contributed by atoms with E-state index in [4.69, 9.17) is 0 Å². The lowest BCUT2D eigenvalue weighted by Crippen LogP contribution is -2.59. The van der Waals surface area contributed by atoms with Crippen LogP contribution in [0.4, 0.5) is 5.69 Å². The number of likely N-dealkylation sites (N-methyl/N-ethyl adjacent to an activating group) is 1. The van der Waals surface area contributed by atoms with E-state index >= 15 is 0 Å². The quantitative estimate of drug-likeness (QED) is 0.380. The summed E-state index contributed by atoms with van der Waals surface area (Å²) >= 11 is 0. The van der Waals surface area contributed by atoms with Crippen LogP contribution in [0.2, 0.25) is 0 Å². The van der Waals surface area contributed by atoms with Crippen LogP contribution >= 0.6 is 0 Å². The number of carbonyl (C=O) groups excluding carboxylic acids is 1. The van der Waals surface area contributed by atoms with Crippen LogP contribution in [0.1, 0.15) is 50.2 Å². The molecule has 1 amide bonds. The molecule has 46 heavy (non-hydrogen) atoms. The highest BCUT2D eigenvalue weighted by Gasteiger charge is 2.54. The van der Waals surface area contributed by atoms with Crippen molar-refractivity contribution in [2.45, 2.75) is 66.8 Å². The second-order valence-corrected chi connectivity index (χ2v) is 16.2. The van der Waals surface area contributed by atoms with Crippen molar-refractivity contribution in [1.29, 1.82) is 0 Å². The van der Waals surface area contributed by atoms with E-state index in [1.165, 1.54) is 55.8 Å². The molecule has 1 saturated carbocycles. The SMILES string of the molecule is CC(=O)N[C@@H]1CCC[C@H]1C1(C2CCN(CC3CN(c4ccc(S(=O)(=O)c5ccncc5)cc4)C3)CC2)CN(C)Cc2ccccc21. The molecule has 3 atom stereocenters. The van der Waals surface area contributed by atoms with Gasteiger partial charge >= 0.3 is 0 Å². The fraction of sp³-hybridized carbons (Fsp3) is 0.514. The molecule has 0 spiro atoms. The number of pyridine rings is 1. The van der Waals surface area contributed by atoms with Crippen molar-refractivity contribution in [3.8, 4) is 0 Å². The van der Waals surface area contributed by atoms with E-state index in [1.807, 2.05) is 12.1 Å². The number of fused-ring (bicyclic) bond motifs is 1. The number of likely N-dealkylation sites (tertiary alicyclic amines) is 1. The first-order valence-electron chi connectivity index (χ1n) is 17.0. The van der Waals surface area contributed by atoms with Crippen LogP contribution in [-0.2, 0) is 26.6 Å². The Hall–Kier alpha value is -3.27. The average molecular weight is 642 g/mol. The number of nitrogens with one attached hydrogen (secondary N) is 1. The molecular formula is C37H47N5O3S. The van der Waals surface area contributed by atoms with Crippen LogP contribution in [-0.4, -0.2) is 81.5 Å². The van der Waals surface area contributed by atoms with Crippen LogP contribution < -0.4 is 10.2 Å². The molecule has 3 aromatic rings. The summed E-state index contributed by atoms with van der Waals surface area (Å²) < 4.78 is 25.9. The highest BCUT2D eigenvalue weighted by atomic mass is 32.2. The summed E-state index contributed by atoms with van der Waals surface area (Å²) in [4.78, 5) is 24.3. The van der Waals surface area contributed by atoms with Gasteiger partial charge in [-0.1, -0.05) is 30.7 Å². The highest BCUT2D eigenvalue weighted by molar-refractivity contribution is 7.91. The Bertz CT molecular complexity index is 1630. The van der Waals surface area contributed by atoms with E-state index < -0.39 is 9.84 Å². The Balaban J connectivity index is 0.994. The molecule has 1 aliphatic carbocycles. The minimum absolute atomic E-state index is 0.0591. The fourth-order valence-corrected chi connectivity index (χ4v) is 10.6. The van der Waals surface area contributed by atoms with Gasteiger partial charge in [-0.2, -0.15) is 0 Å². The van der Waals surface area contributed by atoms with E-state index in [0.717, 1.165) is 57.9 Å². The summed E-state index contributed by atoms with van der Waals surface area (Å²) in [7, 11) is -1.26. The topological polar surface area (TPSA) is 85.8 Å². The fourth-order valence-electron chi connectivity index (χ4n) is 9.35. The number of piperidine rings is 1. The van der Waals surface area contributed by atoms with Gasteiger partial charge in [0.25, 0.3) is 0 Å². The van der Waals surface area contributed by atoms with Crippen LogP contribution in [0, 0.1) is 17.8 Å². The van der Waals surface area contributed by atoms with E-state index in [1.54, 1.807) is 24.6 Å². The summed E-state index contributed by atoms with van der Waals surface area (Å²) in [5.41, 5.74) is 4.15. The maximum atomic E-state index is 13.0. The first-order valence-corrected chi connectivity index (χ1v) is 18.5. The van der Waals surface area contributed by atoms with Crippen molar-refractivity contribution in [2.24, 2.45) is 17.8 Å². The molecule has 3 fully saturated rings. The number of carbonyl (C=O) groups is 1. The maximum absolute atomic E-state index is 13.0. The third-order valence-corrected chi connectivity index (χ3v) is 13.1. The number of sulfone groups is 1. The maximum Gasteiger partial charge on any atom is 0.217 e. The largest absolute Gasteiger partial charge is 0.371 e. The van der Waals surface area contributed by atoms with Crippen LogP contribution in [0.5, 0.6) is 0 Å². The Kier molecular flexibility index (Phi) is 8.67. The first-order chi connectivity index (χ1) is 22.2. The Morgan fingerprint density at radius 1 is 0.935 bits per heavy atom. The number of anilines is 1. The molecule has 4 aliphatic rings. The number of benzene rings is 2. The zero-order valence-electron chi connectivity index (χ0n) is 27.1. The molecule has 7 rings (SSSR count). The van der Waals surface area contributed by atoms with Gasteiger partial charge in [0.2, 0.25) is 15.7 Å². The van der Waals surface area contributed by atoms with Gasteiger partial charge in [0.05, 0.1) is 9.79 Å². The molecule has 1 aromatic heterocycles. The molecule has 2 aromatic carbocycles. The van der Waals surface area contributed by atoms with Gasteiger partial charge < -0.3 is 20.0 Å². The number of aromatic nitrogens is 1. The summed E-state index contributed by atoms with van der Waals surface area (Å²) in [6, 6.07) is 19.8. The minimum atomic E-state index is -3.54. The monoisotopic (exact) mass is 641 g/mol. The number of amides is 1. The number of rotatable bonds is 8. The van der Waals surface area contributed by atoms with Crippen molar-refractivity contribution in [3.63, 3.8) is 0 Å². The zero-order valence-corrected chi connectivity index (χ0v) is 28.0. The number of hydrogen-bond donors (Lipinski definition) is 1. The summed E-state index contributed by atoms with van der Waals surface area (Å²) in [5.74, 6) is 1.76. The zero-order chi connectivity index (χ0) is 31.9. The molecular weight excluding hydrogens is 595 g/mol. The molecule has 1 unspecified atom stereocenters. The normalized spacial score (nSPS) is 26.4. The van der Waals surface area contributed by atoms with Crippen LogP contribution in [0.3, 0.4) is 0 Å². The Labute approximate surface area is 274 Å². The third kappa shape index (κ3) is 5.86. The number of nitrogens with zero attached hydrogens (tertiary/aromatic N) is 4. The van der Waals surface area contributed by atoms with Gasteiger partial charge in [0, 0.05) is 75.1 Å². The first kappa shape index (κ1) is 31.3. The van der Waals surface area contributed by atoms with Crippen molar-refractivity contribution in [1.82, 2.24) is 20.1 Å². The molecule has 0 radical (unpaired) electrons. The molecule has 4 heterocycles. The van der Waals surface area contributed by atoms with Gasteiger partial charge in [0.1, 0.15) is 0 Å². The predicted octanol–water partition coefficient (Wildman–Crippen LogP) is 4.75. The van der Waals surface area contributed by atoms with E-state index in [-0.39, 0.29) is 22.3 Å². The summed E-state index contributed by atoms with van der Waals surface area (Å²) in [6.45, 7) is 9.08. The molecule has 3 aliphatic heterocycles. The molecule has 8 nitrogen and oxygen atoms in total. The summed E-state index contributed by atoms with van der Waals surface area (Å²) in [5, 5.41) is 3.38. The van der Waals surface area contributed by atoms with Crippen molar-refractivity contribution >= 4 is 21.4 Å². The third-order valence-electron chi connectivity index (χ3n) is 11.3. The minimum Gasteiger partial charge on any atom is -0.371 e. The summed E-state index contributed by atoms with van der Waals surface area (Å²) in [6.07, 6.45) is 8.85. The predicted molar refractivity (Wildman–Crippen MR) is 180 cm³/mol. The van der Waals surface area contributed by atoms with Crippen molar-refractivity contribution in [3.05, 3.63) is 84.2 Å². The standard InChI is InChI=1S/C37H47N5O3S/c1-27(43)39-36-9-5-8-35(36)37(26-40(2)25-29-6-3-4-7-34(29)37)30-16-20-41(21-17-30)22-28-23-42(24-28)31-10-12-32(13-11-31)46(44,45)33-14-18-38-19-15-33/h3-4,6-7,10-15,18-19,28,30,35-36H,5,8-9,16-17,20-26H2,1-2H3,(H,39,43)/t35-,36-,37?/m1/s1.